The van der Waals surface area contributed by atoms with Gasteiger partial charge in [-0.15, -0.1) is 0 Å². The minimum absolute atomic E-state index is 0.0185. The lowest BCUT2D eigenvalue weighted by molar-refractivity contribution is -0.143. The van der Waals surface area contributed by atoms with Gasteiger partial charge in [0, 0.05) is 28.4 Å². The Morgan fingerprint density at radius 3 is 2.63 bits per heavy atom. The molecular weight excluding hydrogens is 515 g/mol. The van der Waals surface area contributed by atoms with Crippen LogP contribution < -0.4 is 21.7 Å². The fourth-order valence-electron chi connectivity index (χ4n) is 3.93. The van der Waals surface area contributed by atoms with Crippen LogP contribution in [0.3, 0.4) is 0 Å². The number of aromatic nitrogens is 2. The zero-order valence-electron chi connectivity index (χ0n) is 20.1. The highest BCUT2D eigenvalue weighted by Gasteiger charge is 2.37. The van der Waals surface area contributed by atoms with E-state index in [-0.39, 0.29) is 28.6 Å². The normalized spacial score (nSPS) is 11.6. The number of primary amides is 1. The molecule has 11 nitrogen and oxygen atoms in total. The van der Waals surface area contributed by atoms with E-state index in [0.717, 1.165) is 11.0 Å². The number of anilines is 2. The number of aromatic amines is 1. The van der Waals surface area contributed by atoms with Crippen LogP contribution in [0, 0.1) is 5.82 Å². The van der Waals surface area contributed by atoms with Crippen molar-refractivity contribution in [1.29, 1.82) is 0 Å². The Labute approximate surface area is 219 Å². The maximum Gasteiger partial charge on any atom is 0.325 e. The van der Waals surface area contributed by atoms with E-state index in [9.17, 15) is 23.6 Å². The van der Waals surface area contributed by atoms with Crippen LogP contribution in [0.2, 0.25) is 0 Å². The molecule has 1 unspecified atom stereocenters. The predicted octanol–water partition coefficient (Wildman–Crippen LogP) is 2.51. The molecule has 38 heavy (non-hydrogen) atoms. The number of H-pyrrole nitrogens is 1. The van der Waals surface area contributed by atoms with Gasteiger partial charge >= 0.3 is 5.97 Å². The Morgan fingerprint density at radius 1 is 1.18 bits per heavy atom. The molecule has 6 N–H and O–H groups in total. The number of esters is 1. The molecule has 2 aromatic carbocycles. The number of nitrogens with one attached hydrogen (secondary N) is 2. The van der Waals surface area contributed by atoms with Crippen molar-refractivity contribution in [2.45, 2.75) is 13.0 Å². The SMILES string of the molecule is CCOC(=O)CNC(=O)C(c1c[nH]c2ccccc12)N(C(=O)c1snc(C(N)=O)c1N)c1cccc(F)c1. The monoisotopic (exact) mass is 538 g/mol. The van der Waals surface area contributed by atoms with Crippen LogP contribution in [-0.2, 0) is 14.3 Å². The number of halogens is 1. The predicted molar refractivity (Wildman–Crippen MR) is 139 cm³/mol. The summed E-state index contributed by atoms with van der Waals surface area (Å²) in [6.45, 7) is 1.27. The molecule has 0 spiro atoms. The number of nitrogens with zero attached hydrogens (tertiary/aromatic N) is 2. The van der Waals surface area contributed by atoms with E-state index in [2.05, 4.69) is 14.7 Å². The zero-order valence-corrected chi connectivity index (χ0v) is 20.9. The third-order valence-electron chi connectivity index (χ3n) is 5.60. The molecule has 0 saturated carbocycles. The fraction of sp³-hybridized carbons (Fsp3) is 0.160. The second-order valence-electron chi connectivity index (χ2n) is 8.01. The first-order chi connectivity index (χ1) is 18.2. The molecule has 1 atom stereocenters. The van der Waals surface area contributed by atoms with Gasteiger partial charge in [0.1, 0.15) is 23.3 Å². The molecule has 0 aliphatic rings. The van der Waals surface area contributed by atoms with Crippen molar-refractivity contribution < 1.29 is 28.3 Å². The second-order valence-corrected chi connectivity index (χ2v) is 8.78. The highest BCUT2D eigenvalue weighted by Crippen LogP contribution is 2.36. The highest BCUT2D eigenvalue weighted by atomic mass is 32.1. The Balaban J connectivity index is 1.89. The number of fused-ring (bicyclic) bond motifs is 1. The Hall–Kier alpha value is -4.78. The van der Waals surface area contributed by atoms with Crippen molar-refractivity contribution in [2.75, 3.05) is 23.8 Å². The summed E-state index contributed by atoms with van der Waals surface area (Å²) in [6.07, 6.45) is 1.55. The lowest BCUT2D eigenvalue weighted by Crippen LogP contribution is -2.45. The van der Waals surface area contributed by atoms with E-state index in [1.165, 1.54) is 18.2 Å². The highest BCUT2D eigenvalue weighted by molar-refractivity contribution is 7.09. The Bertz CT molecular complexity index is 1530. The van der Waals surface area contributed by atoms with Gasteiger partial charge in [0.15, 0.2) is 5.69 Å². The van der Waals surface area contributed by atoms with Crippen molar-refractivity contribution in [3.8, 4) is 0 Å². The average Bonchev–Trinajstić information content (AvgIpc) is 3.49. The first-order valence-electron chi connectivity index (χ1n) is 11.4. The Kier molecular flexibility index (Phi) is 7.67. The zero-order chi connectivity index (χ0) is 27.4. The quantitative estimate of drug-likeness (QED) is 0.237. The van der Waals surface area contributed by atoms with Gasteiger partial charge in [-0.1, -0.05) is 24.3 Å². The molecule has 3 amide bonds. The maximum absolute atomic E-state index is 14.4. The number of rotatable bonds is 9. The number of benzene rings is 2. The van der Waals surface area contributed by atoms with Gasteiger partial charge in [0.2, 0.25) is 5.91 Å². The lowest BCUT2D eigenvalue weighted by atomic mass is 10.0. The van der Waals surface area contributed by atoms with Gasteiger partial charge in [-0.05, 0) is 42.7 Å². The van der Waals surface area contributed by atoms with Crippen LogP contribution in [0.25, 0.3) is 10.9 Å². The average molecular weight is 539 g/mol. The summed E-state index contributed by atoms with van der Waals surface area (Å²) < 4.78 is 23.2. The van der Waals surface area contributed by atoms with Crippen molar-refractivity contribution in [2.24, 2.45) is 5.73 Å². The number of hydrogen-bond acceptors (Lipinski definition) is 8. The van der Waals surface area contributed by atoms with Gasteiger partial charge in [0.05, 0.1) is 12.3 Å². The molecule has 2 heterocycles. The van der Waals surface area contributed by atoms with Crippen LogP contribution in [0.4, 0.5) is 15.8 Å². The lowest BCUT2D eigenvalue weighted by Gasteiger charge is -2.31. The van der Waals surface area contributed by atoms with E-state index in [4.69, 9.17) is 16.2 Å². The van der Waals surface area contributed by atoms with E-state index in [1.807, 2.05) is 0 Å². The fourth-order valence-corrected chi connectivity index (χ4v) is 4.68. The third-order valence-corrected chi connectivity index (χ3v) is 6.45. The largest absolute Gasteiger partial charge is 0.465 e. The van der Waals surface area contributed by atoms with Gasteiger partial charge in [-0.3, -0.25) is 24.1 Å². The number of ether oxygens (including phenoxy) is 1. The molecule has 0 aliphatic heterocycles. The van der Waals surface area contributed by atoms with E-state index < -0.39 is 42.1 Å². The van der Waals surface area contributed by atoms with Crippen LogP contribution in [-0.4, -0.2) is 46.2 Å². The smallest absolute Gasteiger partial charge is 0.325 e. The molecule has 13 heteroatoms. The van der Waals surface area contributed by atoms with E-state index in [1.54, 1.807) is 37.4 Å². The van der Waals surface area contributed by atoms with Crippen molar-refractivity contribution in [3.05, 3.63) is 76.7 Å². The summed E-state index contributed by atoms with van der Waals surface area (Å²) in [5, 5.41) is 3.10. The van der Waals surface area contributed by atoms with Crippen LogP contribution >= 0.6 is 11.5 Å². The van der Waals surface area contributed by atoms with Crippen LogP contribution in [0.5, 0.6) is 0 Å². The van der Waals surface area contributed by atoms with Crippen LogP contribution in [0.15, 0.2) is 54.7 Å². The van der Waals surface area contributed by atoms with Crippen molar-refractivity contribution in [1.82, 2.24) is 14.7 Å². The Morgan fingerprint density at radius 2 is 1.95 bits per heavy atom. The molecular formula is C25H23FN6O5S. The number of nitrogen functional groups attached to an aromatic ring is 1. The topological polar surface area (TPSA) is 174 Å². The summed E-state index contributed by atoms with van der Waals surface area (Å²) >= 11 is 0.620. The first-order valence-corrected chi connectivity index (χ1v) is 12.1. The number of hydrogen-bond donors (Lipinski definition) is 4. The molecule has 196 valence electrons. The second kappa shape index (κ2) is 11.1. The molecule has 0 fully saturated rings. The molecule has 0 aliphatic carbocycles. The number of amides is 3. The molecule has 0 radical (unpaired) electrons. The van der Waals surface area contributed by atoms with Gasteiger partial charge in [0.25, 0.3) is 11.8 Å². The van der Waals surface area contributed by atoms with Crippen LogP contribution in [0.1, 0.15) is 38.7 Å². The van der Waals surface area contributed by atoms with E-state index in [0.29, 0.717) is 28.0 Å². The summed E-state index contributed by atoms with van der Waals surface area (Å²) in [5.74, 6) is -3.87. The first kappa shape index (κ1) is 26.3. The van der Waals surface area contributed by atoms with Crippen molar-refractivity contribution >= 4 is 57.5 Å². The summed E-state index contributed by atoms with van der Waals surface area (Å²) in [7, 11) is 0. The minimum Gasteiger partial charge on any atom is -0.465 e. The standard InChI is InChI=1S/C25H23FN6O5S/c1-2-37-18(33)12-30-24(35)21(16-11-29-17-9-4-3-8-15(16)17)32(14-7-5-6-13(26)10-14)25(36)22-19(27)20(23(28)34)31-38-22/h3-11,21,29H,2,12,27H2,1H3,(H2,28,34)(H,30,35). The molecule has 0 bridgehead atoms. The summed E-state index contributed by atoms with van der Waals surface area (Å²) in [4.78, 5) is 55.3. The summed E-state index contributed by atoms with van der Waals surface area (Å²) in [5.41, 5.74) is 11.8. The number of carbonyl (C=O) groups excluding carboxylic acids is 4. The van der Waals surface area contributed by atoms with Gasteiger partial charge in [-0.25, -0.2) is 4.39 Å². The summed E-state index contributed by atoms with van der Waals surface area (Å²) in [6, 6.07) is 10.7. The van der Waals surface area contributed by atoms with Gasteiger partial charge in [-0.2, -0.15) is 4.37 Å². The molecule has 4 rings (SSSR count). The van der Waals surface area contributed by atoms with E-state index >= 15 is 0 Å². The molecule has 2 aromatic heterocycles. The number of carbonyl (C=O) groups is 4. The third kappa shape index (κ3) is 5.18. The molecule has 0 saturated heterocycles. The number of para-hydroxylation sites is 1. The maximum atomic E-state index is 14.4. The van der Waals surface area contributed by atoms with Crippen molar-refractivity contribution in [3.63, 3.8) is 0 Å². The number of nitrogens with two attached hydrogens (primary N) is 2. The molecule has 4 aromatic rings. The minimum atomic E-state index is -1.41. The van der Waals surface area contributed by atoms with Gasteiger partial charge < -0.3 is 26.5 Å².